The van der Waals surface area contributed by atoms with Crippen LogP contribution in [0.1, 0.15) is 27.3 Å². The third-order valence-corrected chi connectivity index (χ3v) is 4.87. The van der Waals surface area contributed by atoms with E-state index in [9.17, 15) is 4.79 Å². The maximum Gasteiger partial charge on any atom is 0.276 e. The molecule has 1 N–H and O–H groups in total. The minimum absolute atomic E-state index is 0.266. The lowest BCUT2D eigenvalue weighted by Crippen LogP contribution is -2.13. The van der Waals surface area contributed by atoms with Gasteiger partial charge >= 0.3 is 0 Å². The fourth-order valence-electron chi connectivity index (χ4n) is 2.97. The van der Waals surface area contributed by atoms with Crippen molar-refractivity contribution in [2.45, 2.75) is 20.8 Å². The van der Waals surface area contributed by atoms with E-state index in [2.05, 4.69) is 20.5 Å². The second-order valence-corrected chi connectivity index (χ2v) is 6.65. The highest BCUT2D eigenvalue weighted by Crippen LogP contribution is 2.23. The largest absolute Gasteiger partial charge is 0.321 e. The molecule has 0 radical (unpaired) electrons. The Hall–Kier alpha value is -3.48. The van der Waals surface area contributed by atoms with Crippen molar-refractivity contribution < 1.29 is 4.79 Å². The first-order valence-corrected chi connectivity index (χ1v) is 8.66. The van der Waals surface area contributed by atoms with Crippen LogP contribution in [0.2, 0.25) is 0 Å². The van der Waals surface area contributed by atoms with Crippen LogP contribution in [-0.4, -0.2) is 30.3 Å². The van der Waals surface area contributed by atoms with Gasteiger partial charge in [-0.15, -0.1) is 0 Å². The molecule has 4 aromatic rings. The van der Waals surface area contributed by atoms with Crippen LogP contribution >= 0.6 is 0 Å². The summed E-state index contributed by atoms with van der Waals surface area (Å²) in [5.74, 6) is -0.266. The van der Waals surface area contributed by atoms with Crippen LogP contribution in [0.3, 0.4) is 0 Å². The number of hydrogen-bond donors (Lipinski definition) is 1. The summed E-state index contributed by atoms with van der Waals surface area (Å²) in [5, 5.41) is 11.7. The normalized spacial score (nSPS) is 11.1. The number of hydrogen-bond acceptors (Lipinski definition) is 4. The smallest absolute Gasteiger partial charge is 0.276 e. The molecule has 4 rings (SSSR count). The molecule has 7 heteroatoms. The molecule has 0 saturated heterocycles. The van der Waals surface area contributed by atoms with Crippen LogP contribution in [0.25, 0.3) is 16.9 Å². The molecule has 1 aromatic carbocycles. The van der Waals surface area contributed by atoms with Crippen molar-refractivity contribution in [1.82, 2.24) is 24.4 Å². The Morgan fingerprint density at radius 1 is 1.07 bits per heavy atom. The van der Waals surface area contributed by atoms with Crippen LogP contribution in [0.5, 0.6) is 0 Å². The molecule has 0 unspecified atom stereocenters. The number of aromatic nitrogens is 5. The average Bonchev–Trinajstić information content (AvgIpc) is 3.22. The van der Waals surface area contributed by atoms with Gasteiger partial charge in [0, 0.05) is 36.3 Å². The highest BCUT2D eigenvalue weighted by molar-refractivity contribution is 6.03. The zero-order valence-electron chi connectivity index (χ0n) is 15.7. The number of rotatable bonds is 3. The predicted octanol–water partition coefficient (Wildman–Crippen LogP) is 3.31. The summed E-state index contributed by atoms with van der Waals surface area (Å²) < 4.78 is 3.48. The lowest BCUT2D eigenvalue weighted by molar-refractivity contribution is 0.102. The first-order chi connectivity index (χ1) is 12.9. The molecule has 1 amide bonds. The number of fused-ring (bicyclic) bond motifs is 1. The molecular formula is C20H20N6O. The van der Waals surface area contributed by atoms with Crippen molar-refractivity contribution in [1.29, 1.82) is 0 Å². The van der Waals surface area contributed by atoms with Gasteiger partial charge in [0.05, 0.1) is 11.9 Å². The van der Waals surface area contributed by atoms with E-state index < -0.39 is 0 Å². The fourth-order valence-corrected chi connectivity index (χ4v) is 2.97. The lowest BCUT2D eigenvalue weighted by atomic mass is 10.1. The van der Waals surface area contributed by atoms with Gasteiger partial charge in [-0.05, 0) is 50.1 Å². The average molecular weight is 360 g/mol. The highest BCUT2D eigenvalue weighted by Gasteiger charge is 2.16. The second kappa shape index (κ2) is 6.35. The van der Waals surface area contributed by atoms with Crippen LogP contribution in [0, 0.1) is 20.8 Å². The number of anilines is 1. The molecule has 0 atom stereocenters. The topological polar surface area (TPSA) is 77.1 Å². The van der Waals surface area contributed by atoms with Crippen molar-refractivity contribution >= 4 is 17.2 Å². The first kappa shape index (κ1) is 17.0. The van der Waals surface area contributed by atoms with Crippen molar-refractivity contribution in [3.8, 4) is 11.3 Å². The number of nitrogens with zero attached hydrogens (tertiary/aromatic N) is 5. The third kappa shape index (κ3) is 2.97. The van der Waals surface area contributed by atoms with Crippen LogP contribution in [-0.2, 0) is 7.05 Å². The van der Waals surface area contributed by atoms with Gasteiger partial charge in [-0.1, -0.05) is 6.07 Å². The van der Waals surface area contributed by atoms with E-state index >= 15 is 0 Å². The molecule has 0 aliphatic rings. The monoisotopic (exact) mass is 360 g/mol. The van der Waals surface area contributed by atoms with Crippen LogP contribution in [0.4, 0.5) is 5.69 Å². The van der Waals surface area contributed by atoms with Gasteiger partial charge in [0.25, 0.3) is 5.91 Å². The number of benzene rings is 1. The molecule has 0 fully saturated rings. The molecule has 3 heterocycles. The van der Waals surface area contributed by atoms with E-state index in [1.54, 1.807) is 27.7 Å². The zero-order valence-corrected chi connectivity index (χ0v) is 15.7. The zero-order chi connectivity index (χ0) is 19.1. The van der Waals surface area contributed by atoms with E-state index in [0.29, 0.717) is 11.3 Å². The summed E-state index contributed by atoms with van der Waals surface area (Å²) in [4.78, 5) is 17.0. The standard InChI is InChI=1S/C20H20N6O/c1-12-5-6-15(9-13(12)2)23-20(27)17-10-19-21-8-7-18(26(19)24-17)16-11-22-25(4)14(16)3/h5-11H,1-4H3,(H,23,27). The molecule has 136 valence electrons. The second-order valence-electron chi connectivity index (χ2n) is 6.65. The van der Waals surface area contributed by atoms with E-state index in [1.165, 1.54) is 5.56 Å². The number of carbonyl (C=O) groups excluding carboxylic acids is 1. The summed E-state index contributed by atoms with van der Waals surface area (Å²) in [5.41, 5.74) is 6.79. The molecule has 27 heavy (non-hydrogen) atoms. The maximum absolute atomic E-state index is 12.7. The van der Waals surface area contributed by atoms with Crippen molar-refractivity contribution in [3.05, 3.63) is 65.2 Å². The predicted molar refractivity (Wildman–Crippen MR) is 104 cm³/mol. The summed E-state index contributed by atoms with van der Waals surface area (Å²) in [6.45, 7) is 6.05. The van der Waals surface area contributed by atoms with Gasteiger partial charge in [-0.3, -0.25) is 9.48 Å². The third-order valence-electron chi connectivity index (χ3n) is 4.87. The maximum atomic E-state index is 12.7. The van der Waals surface area contributed by atoms with E-state index in [0.717, 1.165) is 28.2 Å². The number of aryl methyl sites for hydroxylation is 3. The molecule has 3 aromatic heterocycles. The van der Waals surface area contributed by atoms with Gasteiger partial charge in [-0.25, -0.2) is 9.50 Å². The molecule has 0 aliphatic carbocycles. The SMILES string of the molecule is Cc1ccc(NC(=O)c2cc3nccc(-c4cnn(C)c4C)n3n2)cc1C. The van der Waals surface area contributed by atoms with Gasteiger partial charge < -0.3 is 5.32 Å². The van der Waals surface area contributed by atoms with Gasteiger partial charge in [-0.2, -0.15) is 10.2 Å². The summed E-state index contributed by atoms with van der Waals surface area (Å²) in [6.07, 6.45) is 3.50. The Morgan fingerprint density at radius 3 is 2.59 bits per heavy atom. The Balaban J connectivity index is 1.71. The van der Waals surface area contributed by atoms with Gasteiger partial charge in [0.2, 0.25) is 0 Å². The summed E-state index contributed by atoms with van der Waals surface area (Å²) in [6, 6.07) is 9.38. The number of nitrogens with one attached hydrogen (secondary N) is 1. The van der Waals surface area contributed by atoms with Gasteiger partial charge in [0.15, 0.2) is 11.3 Å². The minimum Gasteiger partial charge on any atom is -0.321 e. The van der Waals surface area contributed by atoms with Gasteiger partial charge in [0.1, 0.15) is 0 Å². The quantitative estimate of drug-likeness (QED) is 0.608. The molecule has 0 spiro atoms. The van der Waals surface area contributed by atoms with Crippen molar-refractivity contribution in [2.24, 2.45) is 7.05 Å². The Kier molecular flexibility index (Phi) is 3.99. The van der Waals surface area contributed by atoms with E-state index in [1.807, 2.05) is 52.1 Å². The first-order valence-electron chi connectivity index (χ1n) is 8.66. The number of carbonyl (C=O) groups is 1. The minimum atomic E-state index is -0.266. The lowest BCUT2D eigenvalue weighted by Gasteiger charge is -2.06. The van der Waals surface area contributed by atoms with Crippen molar-refractivity contribution in [3.63, 3.8) is 0 Å². The van der Waals surface area contributed by atoms with E-state index in [4.69, 9.17) is 0 Å². The molecule has 0 bridgehead atoms. The Bertz CT molecular complexity index is 1170. The highest BCUT2D eigenvalue weighted by atomic mass is 16.1. The molecular weight excluding hydrogens is 340 g/mol. The van der Waals surface area contributed by atoms with Crippen LogP contribution in [0.15, 0.2) is 42.7 Å². The Labute approximate surface area is 156 Å². The Morgan fingerprint density at radius 2 is 1.89 bits per heavy atom. The van der Waals surface area contributed by atoms with E-state index in [-0.39, 0.29) is 5.91 Å². The summed E-state index contributed by atoms with van der Waals surface area (Å²) in [7, 11) is 1.89. The molecule has 7 nitrogen and oxygen atoms in total. The van der Waals surface area contributed by atoms with Crippen molar-refractivity contribution in [2.75, 3.05) is 5.32 Å². The summed E-state index contributed by atoms with van der Waals surface area (Å²) >= 11 is 0. The molecule has 0 aliphatic heterocycles. The fraction of sp³-hybridized carbons (Fsp3) is 0.200. The number of amides is 1. The molecule has 0 saturated carbocycles. The van der Waals surface area contributed by atoms with Crippen LogP contribution < -0.4 is 5.32 Å².